The van der Waals surface area contributed by atoms with Crippen LogP contribution in [-0.4, -0.2) is 4.98 Å². The molecule has 0 saturated heterocycles. The lowest BCUT2D eigenvalue weighted by Crippen LogP contribution is -2.30. The first-order valence-electron chi connectivity index (χ1n) is 5.00. The quantitative estimate of drug-likeness (QED) is 0.671. The normalized spacial score (nSPS) is 12.6. The van der Waals surface area contributed by atoms with Crippen LogP contribution < -0.4 is 11.3 Å². The van der Waals surface area contributed by atoms with Crippen molar-refractivity contribution in [1.29, 1.82) is 0 Å². The molecule has 0 aliphatic carbocycles. The molecule has 2 aromatic heterocycles. The zero-order valence-electron chi connectivity index (χ0n) is 8.86. The fourth-order valence-corrected chi connectivity index (χ4v) is 2.81. The summed E-state index contributed by atoms with van der Waals surface area (Å²) in [5.74, 6) is 5.55. The molecular weight excluding hydrogens is 277 g/mol. The summed E-state index contributed by atoms with van der Waals surface area (Å²) in [7, 11) is 0. The summed E-state index contributed by atoms with van der Waals surface area (Å²) >= 11 is 13.6. The number of halogens is 2. The van der Waals surface area contributed by atoms with Gasteiger partial charge in [-0.05, 0) is 17.5 Å². The molecule has 0 amide bonds. The minimum Gasteiger partial charge on any atom is -0.271 e. The maximum absolute atomic E-state index is 6.10. The molecule has 2 heterocycles. The summed E-state index contributed by atoms with van der Waals surface area (Å²) in [6, 6.07) is 5.62. The van der Waals surface area contributed by atoms with Crippen molar-refractivity contribution < 1.29 is 0 Å². The molecule has 0 aromatic carbocycles. The second kappa shape index (κ2) is 5.80. The number of hydrogen-bond acceptors (Lipinski definition) is 4. The van der Waals surface area contributed by atoms with Gasteiger partial charge in [0.15, 0.2) is 0 Å². The van der Waals surface area contributed by atoms with Gasteiger partial charge < -0.3 is 0 Å². The molecule has 2 rings (SSSR count). The zero-order valence-corrected chi connectivity index (χ0v) is 11.2. The van der Waals surface area contributed by atoms with Gasteiger partial charge in [-0.25, -0.2) is 0 Å². The van der Waals surface area contributed by atoms with Gasteiger partial charge in [-0.1, -0.05) is 29.3 Å². The number of thiophene rings is 1. The number of rotatable bonds is 4. The van der Waals surface area contributed by atoms with Crippen LogP contribution in [0.2, 0.25) is 10.0 Å². The molecular formula is C11H11Cl2N3S. The molecule has 90 valence electrons. The Morgan fingerprint density at radius 2 is 2.29 bits per heavy atom. The van der Waals surface area contributed by atoms with Crippen molar-refractivity contribution in [1.82, 2.24) is 10.4 Å². The molecule has 0 spiro atoms. The van der Waals surface area contributed by atoms with E-state index in [4.69, 9.17) is 29.0 Å². The van der Waals surface area contributed by atoms with E-state index in [1.165, 1.54) is 4.88 Å². The highest BCUT2D eigenvalue weighted by molar-refractivity contribution is 7.09. The van der Waals surface area contributed by atoms with E-state index in [9.17, 15) is 0 Å². The summed E-state index contributed by atoms with van der Waals surface area (Å²) in [4.78, 5) is 5.45. The van der Waals surface area contributed by atoms with Gasteiger partial charge in [-0.2, -0.15) is 0 Å². The third kappa shape index (κ3) is 3.18. The van der Waals surface area contributed by atoms with Gasteiger partial charge >= 0.3 is 0 Å². The van der Waals surface area contributed by atoms with E-state index in [1.54, 1.807) is 23.6 Å². The van der Waals surface area contributed by atoms with Crippen molar-refractivity contribution in [2.45, 2.75) is 12.5 Å². The van der Waals surface area contributed by atoms with Crippen molar-refractivity contribution in [3.63, 3.8) is 0 Å². The number of nitrogens with one attached hydrogen (secondary N) is 1. The summed E-state index contributed by atoms with van der Waals surface area (Å²) in [5, 5.41) is 3.07. The van der Waals surface area contributed by atoms with Gasteiger partial charge in [0.05, 0.1) is 21.8 Å². The molecule has 1 atom stereocenters. The first-order valence-corrected chi connectivity index (χ1v) is 6.63. The molecule has 6 heteroatoms. The van der Waals surface area contributed by atoms with Crippen LogP contribution in [0.1, 0.15) is 16.6 Å². The van der Waals surface area contributed by atoms with E-state index in [-0.39, 0.29) is 6.04 Å². The predicted molar refractivity (Wildman–Crippen MR) is 72.3 cm³/mol. The average molecular weight is 288 g/mol. The lowest BCUT2D eigenvalue weighted by molar-refractivity contribution is 0.542. The Labute approximate surface area is 114 Å². The Kier molecular flexibility index (Phi) is 4.36. The lowest BCUT2D eigenvalue weighted by Gasteiger charge is -2.15. The van der Waals surface area contributed by atoms with E-state index in [1.807, 2.05) is 11.4 Å². The third-order valence-corrected chi connectivity index (χ3v) is 3.76. The molecule has 0 fully saturated rings. The Hall–Kier alpha value is -0.650. The van der Waals surface area contributed by atoms with Crippen molar-refractivity contribution >= 4 is 34.5 Å². The number of nitrogens with zero attached hydrogens (tertiary/aromatic N) is 1. The summed E-state index contributed by atoms with van der Waals surface area (Å²) < 4.78 is 0. The largest absolute Gasteiger partial charge is 0.271 e. The van der Waals surface area contributed by atoms with E-state index >= 15 is 0 Å². The second-order valence-corrected chi connectivity index (χ2v) is 5.40. The fraction of sp³-hybridized carbons (Fsp3) is 0.182. The summed E-state index contributed by atoms with van der Waals surface area (Å²) in [5.41, 5.74) is 3.45. The molecule has 1 unspecified atom stereocenters. The third-order valence-electron chi connectivity index (χ3n) is 2.35. The highest BCUT2D eigenvalue weighted by atomic mass is 35.5. The topological polar surface area (TPSA) is 50.9 Å². The van der Waals surface area contributed by atoms with Crippen molar-refractivity contribution in [2.24, 2.45) is 5.84 Å². The number of nitrogens with two attached hydrogens (primary N) is 1. The van der Waals surface area contributed by atoms with Gasteiger partial charge in [0.1, 0.15) is 0 Å². The Balaban J connectivity index is 2.23. The number of pyridine rings is 1. The van der Waals surface area contributed by atoms with Gasteiger partial charge in [0.25, 0.3) is 0 Å². The molecule has 0 bridgehead atoms. The van der Waals surface area contributed by atoms with Gasteiger partial charge in [-0.3, -0.25) is 16.3 Å². The van der Waals surface area contributed by atoms with Gasteiger partial charge in [0.2, 0.25) is 0 Å². The van der Waals surface area contributed by atoms with Crippen LogP contribution in [-0.2, 0) is 6.42 Å². The number of hydrazine groups is 1. The first kappa shape index (κ1) is 12.8. The highest BCUT2D eigenvalue weighted by Gasteiger charge is 2.16. The molecule has 17 heavy (non-hydrogen) atoms. The Bertz CT molecular complexity index is 487. The highest BCUT2D eigenvalue weighted by Crippen LogP contribution is 2.26. The van der Waals surface area contributed by atoms with Crippen molar-refractivity contribution in [3.8, 4) is 0 Å². The SMILES string of the molecule is NNC(Cc1cccs1)c1ncc(Cl)cc1Cl. The van der Waals surface area contributed by atoms with Crippen LogP contribution in [0, 0.1) is 0 Å². The monoisotopic (exact) mass is 287 g/mol. The van der Waals surface area contributed by atoms with Gasteiger partial charge in [0, 0.05) is 17.5 Å². The maximum Gasteiger partial charge on any atom is 0.0777 e. The smallest absolute Gasteiger partial charge is 0.0777 e. The predicted octanol–water partition coefficient (Wildman–Crippen LogP) is 3.20. The van der Waals surface area contributed by atoms with Crippen molar-refractivity contribution in [3.05, 3.63) is 50.4 Å². The molecule has 0 radical (unpaired) electrons. The molecule has 0 saturated carbocycles. The van der Waals surface area contributed by atoms with Crippen LogP contribution in [0.25, 0.3) is 0 Å². The van der Waals surface area contributed by atoms with Crippen LogP contribution in [0.3, 0.4) is 0 Å². The molecule has 0 aliphatic rings. The molecule has 3 nitrogen and oxygen atoms in total. The zero-order chi connectivity index (χ0) is 12.3. The fourth-order valence-electron chi connectivity index (χ4n) is 1.55. The van der Waals surface area contributed by atoms with Crippen LogP contribution >= 0.6 is 34.5 Å². The molecule has 2 aromatic rings. The molecule has 3 N–H and O–H groups in total. The lowest BCUT2D eigenvalue weighted by atomic mass is 10.1. The molecule has 0 aliphatic heterocycles. The van der Waals surface area contributed by atoms with E-state index < -0.39 is 0 Å². The second-order valence-electron chi connectivity index (χ2n) is 3.52. The number of aromatic nitrogens is 1. The van der Waals surface area contributed by atoms with E-state index in [0.29, 0.717) is 15.7 Å². The Morgan fingerprint density at radius 3 is 2.88 bits per heavy atom. The standard InChI is InChI=1S/C11H11Cl2N3S/c12-7-4-9(13)11(15-6-7)10(16-14)5-8-2-1-3-17-8/h1-4,6,10,16H,5,14H2. The minimum absolute atomic E-state index is 0.113. The van der Waals surface area contributed by atoms with E-state index in [0.717, 1.165) is 6.42 Å². The summed E-state index contributed by atoms with van der Waals surface area (Å²) in [6.45, 7) is 0. The minimum atomic E-state index is -0.113. The maximum atomic E-state index is 6.10. The van der Waals surface area contributed by atoms with E-state index in [2.05, 4.69) is 16.5 Å². The van der Waals surface area contributed by atoms with Crippen LogP contribution in [0.5, 0.6) is 0 Å². The Morgan fingerprint density at radius 1 is 1.47 bits per heavy atom. The van der Waals surface area contributed by atoms with Crippen LogP contribution in [0.4, 0.5) is 0 Å². The van der Waals surface area contributed by atoms with Crippen molar-refractivity contribution in [2.75, 3.05) is 0 Å². The summed E-state index contributed by atoms with van der Waals surface area (Å²) in [6.07, 6.45) is 2.32. The van der Waals surface area contributed by atoms with Gasteiger partial charge in [-0.15, -0.1) is 11.3 Å². The average Bonchev–Trinajstić information content (AvgIpc) is 2.79. The van der Waals surface area contributed by atoms with Crippen LogP contribution in [0.15, 0.2) is 29.8 Å². The number of hydrogen-bond donors (Lipinski definition) is 2. The first-order chi connectivity index (χ1) is 8.20.